The van der Waals surface area contributed by atoms with Crippen molar-refractivity contribution in [3.63, 3.8) is 0 Å². The van der Waals surface area contributed by atoms with Crippen LogP contribution in [0.2, 0.25) is 0 Å². The quantitative estimate of drug-likeness (QED) is 0.265. The van der Waals surface area contributed by atoms with Gasteiger partial charge in [0.2, 0.25) is 0 Å². The number of allylic oxidation sites excluding steroid dienone is 3. The van der Waals surface area contributed by atoms with Gasteiger partial charge >= 0.3 is 6.09 Å². The van der Waals surface area contributed by atoms with Gasteiger partial charge in [0.05, 0.1) is 0 Å². The van der Waals surface area contributed by atoms with Crippen LogP contribution in [0.1, 0.15) is 49.2 Å². The molecular weight excluding hydrogens is 526 g/mol. The summed E-state index contributed by atoms with van der Waals surface area (Å²) in [5, 5.41) is 12.2. The van der Waals surface area contributed by atoms with E-state index in [0.29, 0.717) is 23.9 Å². The number of aliphatic hydroxyl groups is 1. The Balaban J connectivity index is 1.56. The molecule has 7 nitrogen and oxygen atoms in total. The average Bonchev–Trinajstić information content (AvgIpc) is 3.34. The Bertz CT molecular complexity index is 1340. The molecule has 0 aliphatic carbocycles. The van der Waals surface area contributed by atoms with Gasteiger partial charge in [-0.1, -0.05) is 55.3 Å². The molecule has 1 amide bonds. The molecule has 40 heavy (non-hydrogen) atoms. The minimum atomic E-state index is -0.572. The van der Waals surface area contributed by atoms with Crippen molar-refractivity contribution in [3.05, 3.63) is 88.1 Å². The number of nitrogens with one attached hydrogen (secondary N) is 1. The lowest BCUT2D eigenvalue weighted by atomic mass is 9.92. The third kappa shape index (κ3) is 7.08. The van der Waals surface area contributed by atoms with Crippen molar-refractivity contribution in [2.45, 2.75) is 46.3 Å². The van der Waals surface area contributed by atoms with Gasteiger partial charge in [-0.15, -0.1) is 0 Å². The zero-order valence-electron chi connectivity index (χ0n) is 23.8. The van der Waals surface area contributed by atoms with E-state index in [1.807, 2.05) is 31.2 Å². The maximum absolute atomic E-state index is 13.3. The highest BCUT2D eigenvalue weighted by atomic mass is 35.5. The van der Waals surface area contributed by atoms with Gasteiger partial charge in [0.25, 0.3) is 0 Å². The van der Waals surface area contributed by atoms with Crippen molar-refractivity contribution in [2.75, 3.05) is 39.4 Å². The van der Waals surface area contributed by atoms with Crippen LogP contribution in [0, 0.1) is 6.92 Å². The molecule has 2 aromatic carbocycles. The SMILES string of the molecule is C/C=C(Cl)\C=C/COC(=O)N1CCc2c([nH]c3ccc(C)cc23)C1c1ccc(OCC(O)CN(CC)CC)cc1. The number of carbonyl (C=O) groups is 1. The molecule has 2 unspecified atom stereocenters. The van der Waals surface area contributed by atoms with Crippen LogP contribution in [0.3, 0.4) is 0 Å². The summed E-state index contributed by atoms with van der Waals surface area (Å²) in [5.74, 6) is 0.672. The van der Waals surface area contributed by atoms with Gasteiger partial charge in [0.15, 0.2) is 0 Å². The van der Waals surface area contributed by atoms with Crippen molar-refractivity contribution in [1.82, 2.24) is 14.8 Å². The van der Waals surface area contributed by atoms with Crippen molar-refractivity contribution in [2.24, 2.45) is 0 Å². The number of aromatic nitrogens is 1. The third-order valence-electron chi connectivity index (χ3n) is 7.37. The van der Waals surface area contributed by atoms with Gasteiger partial charge < -0.3 is 24.5 Å². The van der Waals surface area contributed by atoms with E-state index in [-0.39, 0.29) is 25.3 Å². The smallest absolute Gasteiger partial charge is 0.410 e. The Morgan fingerprint density at radius 3 is 2.67 bits per heavy atom. The predicted molar refractivity (Wildman–Crippen MR) is 161 cm³/mol. The molecule has 4 rings (SSSR count). The van der Waals surface area contributed by atoms with Crippen molar-refractivity contribution >= 4 is 28.6 Å². The maximum atomic E-state index is 13.3. The highest BCUT2D eigenvalue weighted by Crippen LogP contribution is 2.39. The number of aryl methyl sites for hydroxylation is 1. The third-order valence-corrected chi connectivity index (χ3v) is 7.72. The summed E-state index contributed by atoms with van der Waals surface area (Å²) in [6.07, 6.45) is 5.01. The van der Waals surface area contributed by atoms with E-state index in [4.69, 9.17) is 21.1 Å². The van der Waals surface area contributed by atoms with E-state index in [1.54, 1.807) is 23.1 Å². The lowest BCUT2D eigenvalue weighted by molar-refractivity contribution is 0.0716. The first kappa shape index (κ1) is 29.7. The van der Waals surface area contributed by atoms with Gasteiger partial charge in [0, 0.05) is 34.7 Å². The minimum Gasteiger partial charge on any atom is -0.491 e. The summed E-state index contributed by atoms with van der Waals surface area (Å²) in [4.78, 5) is 20.8. The molecule has 1 aliphatic heterocycles. The zero-order chi connectivity index (χ0) is 28.6. The molecule has 0 fully saturated rings. The lowest BCUT2D eigenvalue weighted by Gasteiger charge is -2.35. The number of ether oxygens (including phenoxy) is 2. The second-order valence-corrected chi connectivity index (χ2v) is 10.5. The van der Waals surface area contributed by atoms with Crippen LogP contribution in [0.15, 0.2) is 65.7 Å². The first-order valence-electron chi connectivity index (χ1n) is 14.0. The number of H-pyrrole nitrogens is 1. The number of carbonyl (C=O) groups excluding carboxylic acids is 1. The molecule has 0 bridgehead atoms. The van der Waals surface area contributed by atoms with Gasteiger partial charge in [-0.05, 0) is 80.9 Å². The number of aliphatic hydroxyl groups excluding tert-OH is 1. The summed E-state index contributed by atoms with van der Waals surface area (Å²) in [6, 6.07) is 13.8. The molecule has 3 aromatic rings. The molecule has 0 radical (unpaired) electrons. The van der Waals surface area contributed by atoms with Crippen molar-refractivity contribution in [1.29, 1.82) is 0 Å². The predicted octanol–water partition coefficient (Wildman–Crippen LogP) is 6.34. The Kier molecular flexibility index (Phi) is 10.3. The van der Waals surface area contributed by atoms with E-state index >= 15 is 0 Å². The molecule has 1 aromatic heterocycles. The van der Waals surface area contributed by atoms with Gasteiger partial charge in [-0.2, -0.15) is 0 Å². The summed E-state index contributed by atoms with van der Waals surface area (Å²) < 4.78 is 11.5. The van der Waals surface area contributed by atoms with Crippen LogP contribution >= 0.6 is 11.6 Å². The molecule has 2 atom stereocenters. The molecule has 2 N–H and O–H groups in total. The largest absolute Gasteiger partial charge is 0.491 e. The minimum absolute atomic E-state index is 0.132. The molecule has 0 saturated carbocycles. The number of nitrogens with zero attached hydrogens (tertiary/aromatic N) is 2. The van der Waals surface area contributed by atoms with E-state index < -0.39 is 6.10 Å². The summed E-state index contributed by atoms with van der Waals surface area (Å²) in [7, 11) is 0. The van der Waals surface area contributed by atoms with E-state index in [0.717, 1.165) is 36.3 Å². The van der Waals surface area contributed by atoms with Crippen molar-refractivity contribution < 1.29 is 19.4 Å². The maximum Gasteiger partial charge on any atom is 0.410 e. The summed E-state index contributed by atoms with van der Waals surface area (Å²) in [6.45, 7) is 11.3. The fraction of sp³-hybridized carbons (Fsp3) is 0.406. The number of benzene rings is 2. The van der Waals surface area contributed by atoms with Crippen LogP contribution in [0.5, 0.6) is 5.75 Å². The normalized spacial score (nSPS) is 16.5. The van der Waals surface area contributed by atoms with E-state index in [2.05, 4.69) is 48.9 Å². The Labute approximate surface area is 242 Å². The topological polar surface area (TPSA) is 78.0 Å². The Morgan fingerprint density at radius 1 is 1.23 bits per heavy atom. The van der Waals surface area contributed by atoms with Crippen LogP contribution in [0.25, 0.3) is 10.9 Å². The van der Waals surface area contributed by atoms with Gasteiger partial charge in [0.1, 0.15) is 31.1 Å². The molecular formula is C32H40ClN3O4. The zero-order valence-corrected chi connectivity index (χ0v) is 24.6. The fourth-order valence-electron chi connectivity index (χ4n) is 5.18. The molecule has 8 heteroatoms. The van der Waals surface area contributed by atoms with Gasteiger partial charge in [-0.25, -0.2) is 4.79 Å². The van der Waals surface area contributed by atoms with Crippen LogP contribution in [-0.2, 0) is 11.2 Å². The standard InChI is InChI=1S/C32H40ClN3O4/c1-5-24(33)9-8-18-39-32(38)36-17-16-27-28-19-22(4)10-15-29(28)34-30(27)31(36)23-11-13-26(14-12-23)40-21-25(37)20-35(6-2)7-3/h5,8-15,19,25,31,34,37H,6-7,16-18,20-21H2,1-4H3/b9-8-,24-5+. The molecule has 1 aliphatic rings. The molecule has 214 valence electrons. The Morgan fingerprint density at radius 2 is 1.98 bits per heavy atom. The summed E-state index contributed by atoms with van der Waals surface area (Å²) in [5.41, 5.74) is 5.43. The second-order valence-electron chi connectivity index (χ2n) is 10.1. The number of rotatable bonds is 11. The monoisotopic (exact) mass is 565 g/mol. The van der Waals surface area contributed by atoms with Crippen molar-refractivity contribution in [3.8, 4) is 5.75 Å². The first-order valence-corrected chi connectivity index (χ1v) is 14.4. The van der Waals surface area contributed by atoms with Crippen LogP contribution < -0.4 is 4.74 Å². The average molecular weight is 566 g/mol. The van der Waals surface area contributed by atoms with Crippen LogP contribution in [-0.4, -0.2) is 71.5 Å². The summed E-state index contributed by atoms with van der Waals surface area (Å²) >= 11 is 6.02. The first-order chi connectivity index (χ1) is 19.3. The highest BCUT2D eigenvalue weighted by molar-refractivity contribution is 6.31. The molecule has 0 spiro atoms. The second kappa shape index (κ2) is 13.9. The number of hydrogen-bond donors (Lipinski definition) is 2. The number of amides is 1. The number of fused-ring (bicyclic) bond motifs is 3. The lowest BCUT2D eigenvalue weighted by Crippen LogP contribution is -2.41. The van der Waals surface area contributed by atoms with E-state index in [9.17, 15) is 9.90 Å². The number of aromatic amines is 1. The number of likely N-dealkylation sites (N-methyl/N-ethyl adjacent to an activating group) is 1. The van der Waals surface area contributed by atoms with Gasteiger partial charge in [-0.3, -0.25) is 4.90 Å². The fourth-order valence-corrected chi connectivity index (χ4v) is 5.27. The number of halogens is 1. The Hall–Kier alpha value is -3.26. The molecule has 2 heterocycles. The highest BCUT2D eigenvalue weighted by Gasteiger charge is 2.35. The number of hydrogen-bond acceptors (Lipinski definition) is 5. The molecule has 0 saturated heterocycles. The van der Waals surface area contributed by atoms with Crippen LogP contribution in [0.4, 0.5) is 4.79 Å². The van der Waals surface area contributed by atoms with E-state index in [1.165, 1.54) is 16.5 Å².